The van der Waals surface area contributed by atoms with Gasteiger partial charge in [-0.2, -0.15) is 0 Å². The van der Waals surface area contributed by atoms with E-state index in [4.69, 9.17) is 5.11 Å². The second kappa shape index (κ2) is 8.71. The highest BCUT2D eigenvalue weighted by Gasteiger charge is 2.35. The molecule has 10 heteroatoms. The average molecular weight is 389 g/mol. The largest absolute Gasteiger partial charge is 0.465 e. The van der Waals surface area contributed by atoms with Gasteiger partial charge in [0.2, 0.25) is 0 Å². The number of rotatable bonds is 6. The van der Waals surface area contributed by atoms with E-state index >= 15 is 0 Å². The molecule has 0 saturated carbocycles. The van der Waals surface area contributed by atoms with Crippen molar-refractivity contribution in [2.75, 3.05) is 4.90 Å². The number of para-hydroxylation sites is 1. The van der Waals surface area contributed by atoms with Crippen LogP contribution in [0, 0.1) is 15.9 Å². The minimum atomic E-state index is -1.49. The predicted octanol–water partition coefficient (Wildman–Crippen LogP) is 2.95. The molecule has 1 atom stereocenters. The predicted molar refractivity (Wildman–Crippen MR) is 96.6 cm³/mol. The van der Waals surface area contributed by atoms with E-state index < -0.39 is 45.9 Å². The quantitative estimate of drug-likeness (QED) is 0.577. The number of anilines is 1. The number of nitro groups is 1. The Morgan fingerprint density at radius 2 is 1.82 bits per heavy atom. The Morgan fingerprint density at radius 1 is 1.18 bits per heavy atom. The lowest BCUT2D eigenvalue weighted by Gasteiger charge is -2.25. The van der Waals surface area contributed by atoms with Gasteiger partial charge in [0, 0.05) is 6.07 Å². The number of amides is 3. The molecule has 3 amide bonds. The molecule has 0 aliphatic carbocycles. The van der Waals surface area contributed by atoms with Crippen molar-refractivity contribution in [3.8, 4) is 0 Å². The lowest BCUT2D eigenvalue weighted by Crippen LogP contribution is -2.50. The molecule has 2 rings (SSSR count). The minimum absolute atomic E-state index is 0.00110. The standard InChI is InChI=1S/C18H16FN3O6/c1-2-13(20-18(25)26)16(23)21(11-7-4-3-5-8-11)17(24)15-12(19)9-6-10-14(15)22(27)28/h3-10,13,20H,2H2,1H3,(H,25,26)/t13-/m0/s1. The number of nitro benzene ring substituents is 1. The van der Waals surface area contributed by atoms with E-state index in [0.29, 0.717) is 4.90 Å². The van der Waals surface area contributed by atoms with Gasteiger partial charge in [-0.05, 0) is 24.6 Å². The van der Waals surface area contributed by atoms with E-state index in [2.05, 4.69) is 0 Å². The second-order valence-corrected chi connectivity index (χ2v) is 5.62. The van der Waals surface area contributed by atoms with Gasteiger partial charge in [0.25, 0.3) is 17.5 Å². The zero-order valence-electron chi connectivity index (χ0n) is 14.7. The number of hydrogen-bond acceptors (Lipinski definition) is 5. The summed E-state index contributed by atoms with van der Waals surface area (Å²) in [6.07, 6.45) is -1.49. The molecule has 0 aliphatic rings. The number of carbonyl (C=O) groups excluding carboxylic acids is 2. The van der Waals surface area contributed by atoms with Gasteiger partial charge >= 0.3 is 6.09 Å². The van der Waals surface area contributed by atoms with Crippen molar-refractivity contribution in [3.05, 3.63) is 70.0 Å². The fourth-order valence-electron chi connectivity index (χ4n) is 2.55. The van der Waals surface area contributed by atoms with Gasteiger partial charge in [0.15, 0.2) is 5.56 Å². The first-order chi connectivity index (χ1) is 13.3. The van der Waals surface area contributed by atoms with Crippen molar-refractivity contribution in [3.63, 3.8) is 0 Å². The van der Waals surface area contributed by atoms with Gasteiger partial charge in [0.05, 0.1) is 10.6 Å². The molecule has 0 aromatic heterocycles. The van der Waals surface area contributed by atoms with Crippen LogP contribution in [0.25, 0.3) is 0 Å². The maximum absolute atomic E-state index is 14.3. The van der Waals surface area contributed by atoms with E-state index in [-0.39, 0.29) is 12.1 Å². The molecule has 0 fully saturated rings. The summed E-state index contributed by atoms with van der Waals surface area (Å²) in [5.41, 5.74) is -1.69. The smallest absolute Gasteiger partial charge is 0.405 e. The first-order valence-electron chi connectivity index (χ1n) is 8.13. The number of halogens is 1. The van der Waals surface area contributed by atoms with Crippen LogP contribution in [0.15, 0.2) is 48.5 Å². The molecule has 0 saturated heterocycles. The van der Waals surface area contributed by atoms with Gasteiger partial charge in [-0.1, -0.05) is 31.2 Å². The minimum Gasteiger partial charge on any atom is -0.465 e. The summed E-state index contributed by atoms with van der Waals surface area (Å²) in [4.78, 5) is 47.7. The maximum Gasteiger partial charge on any atom is 0.405 e. The van der Waals surface area contributed by atoms with E-state index in [0.717, 1.165) is 18.2 Å². The van der Waals surface area contributed by atoms with Crippen molar-refractivity contribution in [1.82, 2.24) is 5.32 Å². The summed E-state index contributed by atoms with van der Waals surface area (Å²) in [7, 11) is 0. The lowest BCUT2D eigenvalue weighted by atomic mass is 10.1. The molecule has 0 unspecified atom stereocenters. The highest BCUT2D eigenvalue weighted by Crippen LogP contribution is 2.26. The van der Waals surface area contributed by atoms with Gasteiger partial charge in [-0.15, -0.1) is 0 Å². The molecule has 0 heterocycles. The van der Waals surface area contributed by atoms with E-state index in [1.165, 1.54) is 31.2 Å². The zero-order chi connectivity index (χ0) is 20.8. The zero-order valence-corrected chi connectivity index (χ0v) is 14.7. The van der Waals surface area contributed by atoms with Crippen LogP contribution in [0.3, 0.4) is 0 Å². The highest BCUT2D eigenvalue weighted by molar-refractivity contribution is 6.23. The number of benzene rings is 2. The number of carboxylic acid groups (broad SMARTS) is 1. The van der Waals surface area contributed by atoms with Crippen LogP contribution >= 0.6 is 0 Å². The van der Waals surface area contributed by atoms with Crippen LogP contribution in [0.1, 0.15) is 23.7 Å². The summed E-state index contributed by atoms with van der Waals surface area (Å²) >= 11 is 0. The highest BCUT2D eigenvalue weighted by atomic mass is 19.1. The van der Waals surface area contributed by atoms with Crippen molar-refractivity contribution in [2.45, 2.75) is 19.4 Å². The Labute approximate surface area is 158 Å². The van der Waals surface area contributed by atoms with Gasteiger partial charge < -0.3 is 10.4 Å². The second-order valence-electron chi connectivity index (χ2n) is 5.62. The summed E-state index contributed by atoms with van der Waals surface area (Å²) in [5.74, 6) is -3.43. The molecule has 0 spiro atoms. The van der Waals surface area contributed by atoms with Crippen molar-refractivity contribution < 1.29 is 28.8 Å². The van der Waals surface area contributed by atoms with E-state index in [1.807, 2.05) is 5.32 Å². The van der Waals surface area contributed by atoms with Crippen LogP contribution < -0.4 is 10.2 Å². The van der Waals surface area contributed by atoms with Crippen molar-refractivity contribution in [1.29, 1.82) is 0 Å². The first-order valence-corrected chi connectivity index (χ1v) is 8.13. The van der Waals surface area contributed by atoms with E-state index in [9.17, 15) is 28.9 Å². The van der Waals surface area contributed by atoms with Crippen molar-refractivity contribution >= 4 is 29.3 Å². The summed E-state index contributed by atoms with van der Waals surface area (Å²) in [6, 6.07) is 8.92. The number of nitrogens with one attached hydrogen (secondary N) is 1. The Kier molecular flexibility index (Phi) is 6.38. The summed E-state index contributed by atoms with van der Waals surface area (Å²) in [5, 5.41) is 22.1. The Bertz CT molecular complexity index is 919. The Hall–Kier alpha value is -3.82. The lowest BCUT2D eigenvalue weighted by molar-refractivity contribution is -0.385. The average Bonchev–Trinajstić information content (AvgIpc) is 2.66. The van der Waals surface area contributed by atoms with Gasteiger partial charge in [-0.3, -0.25) is 19.7 Å². The van der Waals surface area contributed by atoms with Gasteiger partial charge in [-0.25, -0.2) is 14.1 Å². The van der Waals surface area contributed by atoms with Crippen LogP contribution in [0.5, 0.6) is 0 Å². The first kappa shape index (κ1) is 20.5. The monoisotopic (exact) mass is 389 g/mol. The molecule has 0 radical (unpaired) electrons. The Morgan fingerprint density at radius 3 is 2.36 bits per heavy atom. The fourth-order valence-corrected chi connectivity index (χ4v) is 2.55. The SMILES string of the molecule is CC[C@H](NC(=O)O)C(=O)N(C(=O)c1c(F)cccc1[N+](=O)[O-])c1ccccc1. The number of hydrogen-bond donors (Lipinski definition) is 2. The topological polar surface area (TPSA) is 130 Å². The van der Waals surface area contributed by atoms with Crippen LogP contribution in [0.2, 0.25) is 0 Å². The molecule has 146 valence electrons. The van der Waals surface area contributed by atoms with Crippen LogP contribution in [-0.2, 0) is 4.79 Å². The molecule has 2 N–H and O–H groups in total. The maximum atomic E-state index is 14.3. The normalized spacial score (nSPS) is 11.4. The summed E-state index contributed by atoms with van der Waals surface area (Å²) < 4.78 is 14.3. The molecular formula is C18H16FN3O6. The number of nitrogens with zero attached hydrogens (tertiary/aromatic N) is 2. The molecule has 2 aromatic carbocycles. The number of carbonyl (C=O) groups is 3. The fraction of sp³-hybridized carbons (Fsp3) is 0.167. The third-order valence-electron chi connectivity index (χ3n) is 3.84. The third kappa shape index (κ3) is 4.29. The van der Waals surface area contributed by atoms with Crippen LogP contribution in [-0.4, -0.2) is 34.0 Å². The molecule has 28 heavy (non-hydrogen) atoms. The molecular weight excluding hydrogens is 373 g/mol. The van der Waals surface area contributed by atoms with Crippen molar-refractivity contribution in [2.24, 2.45) is 0 Å². The van der Waals surface area contributed by atoms with Crippen LogP contribution in [0.4, 0.5) is 20.6 Å². The molecule has 9 nitrogen and oxygen atoms in total. The van der Waals surface area contributed by atoms with Gasteiger partial charge in [0.1, 0.15) is 11.9 Å². The molecule has 0 bridgehead atoms. The summed E-state index contributed by atoms with van der Waals surface area (Å²) in [6.45, 7) is 1.51. The Balaban J connectivity index is 2.61. The molecule has 2 aromatic rings. The number of imide groups is 1. The van der Waals surface area contributed by atoms with E-state index in [1.54, 1.807) is 6.07 Å². The molecule has 0 aliphatic heterocycles. The third-order valence-corrected chi connectivity index (χ3v) is 3.84.